The normalized spacial score (nSPS) is 10.3. The molecule has 0 spiro atoms. The first kappa shape index (κ1) is 14.5. The largest absolute Gasteiger partial charge is 0.478 e. The first-order valence-electron chi connectivity index (χ1n) is 5.99. The Bertz CT molecular complexity index is 641. The average Bonchev–Trinajstić information content (AvgIpc) is 2.42. The first-order chi connectivity index (χ1) is 9.47. The van der Waals surface area contributed by atoms with Crippen molar-refractivity contribution in [3.05, 3.63) is 63.4 Å². The average molecular weight is 338 g/mol. The molecule has 0 unspecified atom stereocenters. The fraction of sp³-hybridized carbons (Fsp3) is 0.133. The molecule has 0 aliphatic carbocycles. The predicted octanol–water partition coefficient (Wildman–Crippen LogP) is 4.21. The number of aryl methyl sites for hydroxylation is 1. The number of hydrogen-bond donors (Lipinski definition) is 2. The summed E-state index contributed by atoms with van der Waals surface area (Å²) in [5.41, 5.74) is 2.82. The monoisotopic (exact) mass is 337 g/mol. The predicted molar refractivity (Wildman–Crippen MR) is 79.6 cm³/mol. The summed E-state index contributed by atoms with van der Waals surface area (Å²) in [6.45, 7) is 2.39. The van der Waals surface area contributed by atoms with Crippen molar-refractivity contribution in [3.8, 4) is 0 Å². The lowest BCUT2D eigenvalue weighted by Crippen LogP contribution is -2.03. The van der Waals surface area contributed by atoms with Gasteiger partial charge in [0.15, 0.2) is 0 Å². The number of anilines is 1. The molecule has 20 heavy (non-hydrogen) atoms. The summed E-state index contributed by atoms with van der Waals surface area (Å²) in [6, 6.07) is 9.72. The second-order valence-corrected chi connectivity index (χ2v) is 5.29. The van der Waals surface area contributed by atoms with Crippen molar-refractivity contribution in [2.75, 3.05) is 5.32 Å². The van der Waals surface area contributed by atoms with Crippen LogP contribution in [0.5, 0.6) is 0 Å². The molecule has 2 rings (SSSR count). The van der Waals surface area contributed by atoms with E-state index in [4.69, 9.17) is 5.11 Å². The van der Waals surface area contributed by atoms with Gasteiger partial charge in [-0.1, -0.05) is 12.1 Å². The van der Waals surface area contributed by atoms with Crippen molar-refractivity contribution in [2.45, 2.75) is 13.5 Å². The second-order valence-electron chi connectivity index (χ2n) is 4.44. The standard InChI is InChI=1S/C15H13BrFNO2/c1-9-6-12(16)13(17)7-14(9)18-8-10-2-4-11(5-3-10)15(19)20/h2-7,18H,8H2,1H3,(H,19,20). The Morgan fingerprint density at radius 3 is 2.55 bits per heavy atom. The van der Waals surface area contributed by atoms with Gasteiger partial charge in [0.25, 0.3) is 0 Å². The molecule has 0 aliphatic heterocycles. The first-order valence-corrected chi connectivity index (χ1v) is 6.78. The van der Waals surface area contributed by atoms with E-state index in [0.29, 0.717) is 16.7 Å². The highest BCUT2D eigenvalue weighted by Gasteiger charge is 2.06. The van der Waals surface area contributed by atoms with Crippen LogP contribution in [-0.4, -0.2) is 11.1 Å². The van der Waals surface area contributed by atoms with Crippen LogP contribution in [0.15, 0.2) is 40.9 Å². The van der Waals surface area contributed by atoms with Gasteiger partial charge in [-0.25, -0.2) is 9.18 Å². The Balaban J connectivity index is 2.09. The van der Waals surface area contributed by atoms with Crippen LogP contribution in [0.3, 0.4) is 0 Å². The van der Waals surface area contributed by atoms with Crippen LogP contribution in [0.4, 0.5) is 10.1 Å². The summed E-state index contributed by atoms with van der Waals surface area (Å²) in [5.74, 6) is -1.27. The highest BCUT2D eigenvalue weighted by Crippen LogP contribution is 2.24. The molecule has 104 valence electrons. The maximum atomic E-state index is 13.5. The Kier molecular flexibility index (Phi) is 4.39. The summed E-state index contributed by atoms with van der Waals surface area (Å²) in [5, 5.41) is 12.0. The minimum atomic E-state index is -0.949. The van der Waals surface area contributed by atoms with Gasteiger partial charge in [0, 0.05) is 12.2 Å². The number of carboxylic acid groups (broad SMARTS) is 1. The lowest BCUT2D eigenvalue weighted by Gasteiger charge is -2.11. The quantitative estimate of drug-likeness (QED) is 0.878. The fourth-order valence-electron chi connectivity index (χ4n) is 1.80. The number of rotatable bonds is 4. The molecule has 0 fully saturated rings. The van der Waals surface area contributed by atoms with E-state index in [1.165, 1.54) is 6.07 Å². The van der Waals surface area contributed by atoms with Crippen molar-refractivity contribution >= 4 is 27.6 Å². The van der Waals surface area contributed by atoms with E-state index in [1.807, 2.05) is 6.92 Å². The third-order valence-electron chi connectivity index (χ3n) is 2.95. The lowest BCUT2D eigenvalue weighted by molar-refractivity contribution is 0.0697. The Hall–Kier alpha value is -1.88. The molecule has 5 heteroatoms. The van der Waals surface area contributed by atoms with Gasteiger partial charge in [-0.15, -0.1) is 0 Å². The minimum Gasteiger partial charge on any atom is -0.478 e. The Labute approximate surface area is 124 Å². The van der Waals surface area contributed by atoms with E-state index >= 15 is 0 Å². The molecule has 0 aliphatic rings. The van der Waals surface area contributed by atoms with Gasteiger partial charge in [-0.2, -0.15) is 0 Å². The number of halogens is 2. The molecule has 2 aromatic carbocycles. The van der Waals surface area contributed by atoms with Gasteiger partial charge in [0.05, 0.1) is 10.0 Å². The molecule has 0 atom stereocenters. The molecule has 0 aromatic heterocycles. The SMILES string of the molecule is Cc1cc(Br)c(F)cc1NCc1ccc(C(=O)O)cc1. The number of hydrogen-bond acceptors (Lipinski definition) is 2. The van der Waals surface area contributed by atoms with Crippen molar-refractivity contribution in [1.29, 1.82) is 0 Å². The molecule has 0 heterocycles. The van der Waals surface area contributed by atoms with Crippen molar-refractivity contribution in [1.82, 2.24) is 0 Å². The Morgan fingerprint density at radius 2 is 1.95 bits per heavy atom. The minimum absolute atomic E-state index is 0.250. The van der Waals surface area contributed by atoms with Crippen LogP contribution < -0.4 is 5.32 Å². The molecule has 0 radical (unpaired) electrons. The Morgan fingerprint density at radius 1 is 1.30 bits per heavy atom. The van der Waals surface area contributed by atoms with E-state index < -0.39 is 5.97 Å². The summed E-state index contributed by atoms with van der Waals surface area (Å²) >= 11 is 3.14. The zero-order valence-corrected chi connectivity index (χ0v) is 12.4. The van der Waals surface area contributed by atoms with Crippen LogP contribution >= 0.6 is 15.9 Å². The molecular weight excluding hydrogens is 325 g/mol. The molecule has 2 N–H and O–H groups in total. The topological polar surface area (TPSA) is 49.3 Å². The summed E-state index contributed by atoms with van der Waals surface area (Å²) in [6.07, 6.45) is 0. The third kappa shape index (κ3) is 3.36. The number of nitrogens with one attached hydrogen (secondary N) is 1. The van der Waals surface area contributed by atoms with Crippen molar-refractivity contribution < 1.29 is 14.3 Å². The van der Waals surface area contributed by atoms with Gasteiger partial charge in [0.1, 0.15) is 5.82 Å². The smallest absolute Gasteiger partial charge is 0.335 e. The van der Waals surface area contributed by atoms with Gasteiger partial charge in [-0.3, -0.25) is 0 Å². The third-order valence-corrected chi connectivity index (χ3v) is 3.56. The van der Waals surface area contributed by atoms with E-state index in [-0.39, 0.29) is 11.4 Å². The number of aromatic carboxylic acids is 1. The van der Waals surface area contributed by atoms with Gasteiger partial charge in [-0.05, 0) is 58.2 Å². The molecular formula is C15H13BrFNO2. The zero-order chi connectivity index (χ0) is 14.7. The van der Waals surface area contributed by atoms with Crippen LogP contribution in [0.25, 0.3) is 0 Å². The maximum absolute atomic E-state index is 13.5. The number of benzene rings is 2. The van der Waals surface area contributed by atoms with Gasteiger partial charge < -0.3 is 10.4 Å². The van der Waals surface area contributed by atoms with Crippen LogP contribution in [0.2, 0.25) is 0 Å². The number of carbonyl (C=O) groups is 1. The number of carboxylic acids is 1. The second kappa shape index (κ2) is 6.05. The van der Waals surface area contributed by atoms with E-state index in [1.54, 1.807) is 30.3 Å². The highest BCUT2D eigenvalue weighted by molar-refractivity contribution is 9.10. The van der Waals surface area contributed by atoms with Gasteiger partial charge in [0.2, 0.25) is 0 Å². The molecule has 0 saturated heterocycles. The lowest BCUT2D eigenvalue weighted by atomic mass is 10.1. The summed E-state index contributed by atoms with van der Waals surface area (Å²) < 4.78 is 13.9. The summed E-state index contributed by atoms with van der Waals surface area (Å²) in [4.78, 5) is 10.7. The van der Waals surface area contributed by atoms with Crippen LogP contribution in [0.1, 0.15) is 21.5 Å². The molecule has 0 amide bonds. The van der Waals surface area contributed by atoms with E-state index in [0.717, 1.165) is 11.1 Å². The molecule has 0 bridgehead atoms. The molecule has 2 aromatic rings. The zero-order valence-electron chi connectivity index (χ0n) is 10.8. The highest BCUT2D eigenvalue weighted by atomic mass is 79.9. The van der Waals surface area contributed by atoms with E-state index in [2.05, 4.69) is 21.2 Å². The molecule has 0 saturated carbocycles. The fourth-order valence-corrected chi connectivity index (χ4v) is 2.26. The van der Waals surface area contributed by atoms with Crippen molar-refractivity contribution in [3.63, 3.8) is 0 Å². The van der Waals surface area contributed by atoms with Crippen LogP contribution in [0, 0.1) is 12.7 Å². The summed E-state index contributed by atoms with van der Waals surface area (Å²) in [7, 11) is 0. The van der Waals surface area contributed by atoms with Crippen LogP contribution in [-0.2, 0) is 6.54 Å². The van der Waals surface area contributed by atoms with Crippen molar-refractivity contribution in [2.24, 2.45) is 0 Å². The maximum Gasteiger partial charge on any atom is 0.335 e. The van der Waals surface area contributed by atoms with E-state index in [9.17, 15) is 9.18 Å². The molecule has 3 nitrogen and oxygen atoms in total. The van der Waals surface area contributed by atoms with Gasteiger partial charge >= 0.3 is 5.97 Å².